The van der Waals surface area contributed by atoms with Gasteiger partial charge in [0.1, 0.15) is 5.52 Å². The molecule has 0 aliphatic carbocycles. The number of benzene rings is 2. The molecule has 2 fully saturated rings. The van der Waals surface area contributed by atoms with Crippen LogP contribution in [0.25, 0.3) is 22.3 Å². The molecular formula is C35H38F3N5O. The Labute approximate surface area is 256 Å². The molecule has 2 aromatic heterocycles. The molecule has 2 saturated heterocycles. The number of carbonyl (C=O) groups is 1. The molecule has 0 radical (unpaired) electrons. The predicted molar refractivity (Wildman–Crippen MR) is 166 cm³/mol. The van der Waals surface area contributed by atoms with Crippen LogP contribution in [0.15, 0.2) is 72.9 Å². The molecule has 0 unspecified atom stereocenters. The number of alkyl halides is 3. The van der Waals surface area contributed by atoms with Crippen LogP contribution < -0.4 is 5.32 Å². The fourth-order valence-corrected chi connectivity index (χ4v) is 6.65. The average Bonchev–Trinajstić information content (AvgIpc) is 3.05. The number of halogens is 3. The van der Waals surface area contributed by atoms with E-state index >= 15 is 0 Å². The highest BCUT2D eigenvalue weighted by Crippen LogP contribution is 2.36. The number of hydrogen-bond donors (Lipinski definition) is 1. The summed E-state index contributed by atoms with van der Waals surface area (Å²) in [5.74, 6) is -0.320. The van der Waals surface area contributed by atoms with Gasteiger partial charge in [0.25, 0.3) is 5.91 Å². The highest BCUT2D eigenvalue weighted by Gasteiger charge is 2.32. The maximum absolute atomic E-state index is 14.2. The number of pyridine rings is 2. The van der Waals surface area contributed by atoms with Crippen LogP contribution in [-0.2, 0) is 12.7 Å². The van der Waals surface area contributed by atoms with Crippen molar-refractivity contribution in [2.75, 3.05) is 26.2 Å². The van der Waals surface area contributed by atoms with Crippen molar-refractivity contribution < 1.29 is 18.0 Å². The van der Waals surface area contributed by atoms with Crippen molar-refractivity contribution in [2.45, 2.75) is 63.8 Å². The van der Waals surface area contributed by atoms with Crippen LogP contribution in [0.5, 0.6) is 0 Å². The van der Waals surface area contributed by atoms with E-state index in [-0.39, 0.29) is 11.9 Å². The molecule has 4 aromatic rings. The molecule has 1 N–H and O–H groups in total. The maximum Gasteiger partial charge on any atom is 0.416 e. The number of aromatic nitrogens is 2. The monoisotopic (exact) mass is 601 g/mol. The van der Waals surface area contributed by atoms with Gasteiger partial charge in [-0.1, -0.05) is 48.9 Å². The lowest BCUT2D eigenvalue weighted by atomic mass is 9.94. The SMILES string of the molecule is C[C@H](NC(=O)c1c(CN2CCC(N3CCCCC3)CC2)c(-c2cccc(C(F)(F)F)c2)nc2cccnc12)c1ccccc1. The van der Waals surface area contributed by atoms with E-state index in [1.54, 1.807) is 24.4 Å². The van der Waals surface area contributed by atoms with Gasteiger partial charge in [0.2, 0.25) is 0 Å². The Bertz CT molecular complexity index is 1600. The number of likely N-dealkylation sites (tertiary alicyclic amines) is 2. The number of nitrogens with zero attached hydrogens (tertiary/aromatic N) is 4. The van der Waals surface area contributed by atoms with E-state index < -0.39 is 11.7 Å². The third-order valence-corrected chi connectivity index (χ3v) is 9.03. The Morgan fingerprint density at radius 3 is 2.43 bits per heavy atom. The third kappa shape index (κ3) is 6.64. The molecule has 0 spiro atoms. The zero-order valence-electron chi connectivity index (χ0n) is 25.0. The Kier molecular flexibility index (Phi) is 8.96. The normalized spacial score (nSPS) is 17.9. The number of nitrogens with one attached hydrogen (secondary N) is 1. The quantitative estimate of drug-likeness (QED) is 0.242. The van der Waals surface area contributed by atoms with Crippen LogP contribution in [0.1, 0.15) is 72.1 Å². The predicted octanol–water partition coefficient (Wildman–Crippen LogP) is 7.26. The summed E-state index contributed by atoms with van der Waals surface area (Å²) in [6.45, 7) is 6.28. The first-order valence-electron chi connectivity index (χ1n) is 15.6. The fraction of sp³-hybridized carbons (Fsp3) is 0.400. The summed E-state index contributed by atoms with van der Waals surface area (Å²) < 4.78 is 41.4. The summed E-state index contributed by atoms with van der Waals surface area (Å²) in [5, 5.41) is 3.13. The first-order valence-corrected chi connectivity index (χ1v) is 15.6. The van der Waals surface area contributed by atoms with Gasteiger partial charge in [0, 0.05) is 29.9 Å². The molecule has 0 bridgehead atoms. The van der Waals surface area contributed by atoms with Gasteiger partial charge in [-0.15, -0.1) is 0 Å². The minimum atomic E-state index is -4.50. The van der Waals surface area contributed by atoms with Crippen molar-refractivity contribution in [3.05, 3.63) is 95.2 Å². The van der Waals surface area contributed by atoms with Crippen molar-refractivity contribution in [2.24, 2.45) is 0 Å². The lowest BCUT2D eigenvalue weighted by Crippen LogP contribution is -2.46. The standard InChI is InChI=1S/C35H38F3N5O/c1-24(25-10-4-2-5-11-25)40-34(44)31-29(23-42-20-15-28(16-21-42)43-18-6-3-7-19-43)32(41-30-14-9-17-39-33(30)31)26-12-8-13-27(22-26)35(36,37)38/h2,4-5,8-14,17,22,24,28H,3,6-7,15-16,18-21,23H2,1H3,(H,40,44)/t24-/m0/s1. The molecule has 230 valence electrons. The lowest BCUT2D eigenvalue weighted by Gasteiger charge is -2.40. The second kappa shape index (κ2) is 13.0. The average molecular weight is 602 g/mol. The van der Waals surface area contributed by atoms with Crippen molar-refractivity contribution in [1.82, 2.24) is 25.1 Å². The maximum atomic E-state index is 14.2. The zero-order valence-corrected chi connectivity index (χ0v) is 25.0. The Morgan fingerprint density at radius 1 is 0.955 bits per heavy atom. The van der Waals surface area contributed by atoms with Crippen LogP contribution >= 0.6 is 0 Å². The lowest BCUT2D eigenvalue weighted by molar-refractivity contribution is -0.137. The summed E-state index contributed by atoms with van der Waals surface area (Å²) in [4.78, 5) is 28.5. The number of hydrogen-bond acceptors (Lipinski definition) is 5. The Hall–Kier alpha value is -3.82. The molecular weight excluding hydrogens is 563 g/mol. The zero-order chi connectivity index (χ0) is 30.7. The van der Waals surface area contributed by atoms with Crippen molar-refractivity contribution >= 4 is 16.9 Å². The highest BCUT2D eigenvalue weighted by atomic mass is 19.4. The first kappa shape index (κ1) is 30.2. The van der Waals surface area contributed by atoms with Gasteiger partial charge < -0.3 is 10.2 Å². The largest absolute Gasteiger partial charge is 0.416 e. The van der Waals surface area contributed by atoms with Crippen molar-refractivity contribution in [1.29, 1.82) is 0 Å². The minimum Gasteiger partial charge on any atom is -0.345 e. The number of carbonyl (C=O) groups excluding carboxylic acids is 1. The minimum absolute atomic E-state index is 0.291. The molecule has 1 atom stereocenters. The van der Waals surface area contributed by atoms with E-state index in [9.17, 15) is 18.0 Å². The third-order valence-electron chi connectivity index (χ3n) is 9.03. The number of piperidine rings is 2. The molecule has 6 nitrogen and oxygen atoms in total. The van der Waals surface area contributed by atoms with Crippen LogP contribution in [0.2, 0.25) is 0 Å². The van der Waals surface area contributed by atoms with Crippen molar-refractivity contribution in [3.63, 3.8) is 0 Å². The van der Waals surface area contributed by atoms with E-state index in [0.717, 1.165) is 56.7 Å². The van der Waals surface area contributed by atoms with Gasteiger partial charge in [0.05, 0.1) is 28.4 Å². The molecule has 1 amide bonds. The second-order valence-electron chi connectivity index (χ2n) is 12.0. The number of fused-ring (bicyclic) bond motifs is 1. The number of rotatable bonds is 7. The van der Waals surface area contributed by atoms with Gasteiger partial charge in [0.15, 0.2) is 0 Å². The van der Waals surface area contributed by atoms with E-state index in [0.29, 0.717) is 46.0 Å². The number of amides is 1. The van der Waals surface area contributed by atoms with Crippen LogP contribution in [0.4, 0.5) is 13.2 Å². The molecule has 2 aromatic carbocycles. The Balaban J connectivity index is 1.41. The van der Waals surface area contributed by atoms with Gasteiger partial charge in [-0.2, -0.15) is 13.2 Å². The molecule has 9 heteroatoms. The summed E-state index contributed by atoms with van der Waals surface area (Å²) in [6, 6.07) is 18.6. The summed E-state index contributed by atoms with van der Waals surface area (Å²) in [7, 11) is 0. The summed E-state index contributed by atoms with van der Waals surface area (Å²) >= 11 is 0. The van der Waals surface area contributed by atoms with Crippen LogP contribution in [-0.4, -0.2) is 57.9 Å². The molecule has 4 heterocycles. The molecule has 6 rings (SSSR count). The van der Waals surface area contributed by atoms with E-state index in [1.807, 2.05) is 37.3 Å². The van der Waals surface area contributed by atoms with Gasteiger partial charge in [-0.05, 0) is 88.6 Å². The van der Waals surface area contributed by atoms with E-state index in [1.165, 1.54) is 25.3 Å². The molecule has 0 saturated carbocycles. The second-order valence-corrected chi connectivity index (χ2v) is 12.0. The highest BCUT2D eigenvalue weighted by molar-refractivity contribution is 6.07. The van der Waals surface area contributed by atoms with Gasteiger partial charge in [-0.25, -0.2) is 4.98 Å². The first-order chi connectivity index (χ1) is 21.3. The van der Waals surface area contributed by atoms with E-state index in [2.05, 4.69) is 20.1 Å². The Morgan fingerprint density at radius 2 is 1.70 bits per heavy atom. The summed E-state index contributed by atoms with van der Waals surface area (Å²) in [5.41, 5.74) is 2.78. The van der Waals surface area contributed by atoms with Gasteiger partial charge in [-0.3, -0.25) is 14.7 Å². The van der Waals surface area contributed by atoms with Gasteiger partial charge >= 0.3 is 6.18 Å². The van der Waals surface area contributed by atoms with E-state index in [4.69, 9.17) is 4.98 Å². The molecule has 2 aliphatic heterocycles. The topological polar surface area (TPSA) is 61.4 Å². The smallest absolute Gasteiger partial charge is 0.345 e. The fourth-order valence-electron chi connectivity index (χ4n) is 6.65. The van der Waals surface area contributed by atoms with Crippen molar-refractivity contribution in [3.8, 4) is 11.3 Å². The summed E-state index contributed by atoms with van der Waals surface area (Å²) in [6.07, 6.45) is 2.95. The molecule has 44 heavy (non-hydrogen) atoms. The molecule has 2 aliphatic rings. The van der Waals surface area contributed by atoms with Crippen LogP contribution in [0.3, 0.4) is 0 Å². The van der Waals surface area contributed by atoms with Crippen LogP contribution in [0, 0.1) is 0 Å².